The summed E-state index contributed by atoms with van der Waals surface area (Å²) in [5.74, 6) is -1.60. The zero-order valence-electron chi connectivity index (χ0n) is 8.60. The summed E-state index contributed by atoms with van der Waals surface area (Å²) in [5.41, 5.74) is 2.07. The van der Waals surface area contributed by atoms with E-state index in [9.17, 15) is 8.78 Å². The molecule has 0 saturated carbocycles. The molecule has 0 aromatic heterocycles. The van der Waals surface area contributed by atoms with E-state index in [1.807, 2.05) is 19.1 Å². The summed E-state index contributed by atoms with van der Waals surface area (Å²) in [6, 6.07) is 9.78. The van der Waals surface area contributed by atoms with E-state index in [2.05, 4.69) is 22.6 Å². The average Bonchev–Trinajstić information content (AvgIpc) is 2.26. The van der Waals surface area contributed by atoms with Gasteiger partial charge in [-0.1, -0.05) is 24.3 Å². The highest BCUT2D eigenvalue weighted by molar-refractivity contribution is 14.1. The summed E-state index contributed by atoms with van der Waals surface area (Å²) < 4.78 is 27.7. The van der Waals surface area contributed by atoms with Crippen LogP contribution < -0.4 is 0 Å². The Morgan fingerprint density at radius 1 is 1.06 bits per heavy atom. The lowest BCUT2D eigenvalue weighted by Gasteiger charge is -2.06. The van der Waals surface area contributed by atoms with Crippen LogP contribution in [0.3, 0.4) is 0 Å². The zero-order valence-corrected chi connectivity index (χ0v) is 10.8. The first-order chi connectivity index (χ1) is 7.59. The number of hydrogen-bond acceptors (Lipinski definition) is 0. The first kappa shape index (κ1) is 11.5. The quantitative estimate of drug-likeness (QED) is 0.673. The molecule has 0 bridgehead atoms. The van der Waals surface area contributed by atoms with Gasteiger partial charge in [0.2, 0.25) is 0 Å². The summed E-state index contributed by atoms with van der Waals surface area (Å²) in [6.07, 6.45) is 0. The Bertz CT molecular complexity index is 535. The van der Waals surface area contributed by atoms with Crippen LogP contribution in [0.15, 0.2) is 36.4 Å². The van der Waals surface area contributed by atoms with Crippen molar-refractivity contribution in [3.05, 3.63) is 57.2 Å². The summed E-state index contributed by atoms with van der Waals surface area (Å²) in [4.78, 5) is 0. The van der Waals surface area contributed by atoms with Crippen molar-refractivity contribution in [2.75, 3.05) is 0 Å². The largest absolute Gasteiger partial charge is 0.204 e. The molecule has 2 aromatic carbocycles. The third kappa shape index (κ3) is 2.09. The molecule has 16 heavy (non-hydrogen) atoms. The molecule has 0 radical (unpaired) electrons. The van der Waals surface area contributed by atoms with E-state index in [0.717, 1.165) is 15.2 Å². The average molecular weight is 330 g/mol. The lowest BCUT2D eigenvalue weighted by atomic mass is 10.0. The SMILES string of the molecule is Cc1cc(-c2cccc(F)c2F)ccc1I. The van der Waals surface area contributed by atoms with Crippen LogP contribution in [0.1, 0.15) is 5.56 Å². The van der Waals surface area contributed by atoms with Gasteiger partial charge in [-0.2, -0.15) is 0 Å². The molecule has 0 spiro atoms. The van der Waals surface area contributed by atoms with E-state index in [0.29, 0.717) is 11.1 Å². The molecule has 3 heteroatoms. The predicted octanol–water partition coefficient (Wildman–Crippen LogP) is 4.54. The first-order valence-corrected chi connectivity index (χ1v) is 5.88. The lowest BCUT2D eigenvalue weighted by Crippen LogP contribution is -1.90. The highest BCUT2D eigenvalue weighted by Gasteiger charge is 2.09. The van der Waals surface area contributed by atoms with E-state index in [-0.39, 0.29) is 0 Å². The van der Waals surface area contributed by atoms with Gasteiger partial charge in [0.05, 0.1) is 0 Å². The van der Waals surface area contributed by atoms with E-state index < -0.39 is 11.6 Å². The molecule has 0 N–H and O–H groups in total. The molecule has 0 aliphatic rings. The van der Waals surface area contributed by atoms with Gasteiger partial charge >= 0.3 is 0 Å². The molecule has 0 heterocycles. The molecule has 0 saturated heterocycles. The predicted molar refractivity (Wildman–Crippen MR) is 69.2 cm³/mol. The van der Waals surface area contributed by atoms with Crippen LogP contribution in [0.4, 0.5) is 8.78 Å². The highest BCUT2D eigenvalue weighted by Crippen LogP contribution is 2.26. The van der Waals surface area contributed by atoms with Gasteiger partial charge in [0.25, 0.3) is 0 Å². The molecule has 0 fully saturated rings. The van der Waals surface area contributed by atoms with Crippen LogP contribution >= 0.6 is 22.6 Å². The summed E-state index contributed by atoms with van der Waals surface area (Å²) in [6.45, 7) is 1.95. The molecule has 0 unspecified atom stereocenters. The maximum Gasteiger partial charge on any atom is 0.166 e. The molecule has 0 amide bonds. The fraction of sp³-hybridized carbons (Fsp3) is 0.0769. The zero-order chi connectivity index (χ0) is 11.7. The van der Waals surface area contributed by atoms with Crippen LogP contribution in [0.2, 0.25) is 0 Å². The van der Waals surface area contributed by atoms with Crippen molar-refractivity contribution in [2.24, 2.45) is 0 Å². The molecular weight excluding hydrogens is 321 g/mol. The summed E-state index contributed by atoms with van der Waals surface area (Å²) in [7, 11) is 0. The Morgan fingerprint density at radius 3 is 2.50 bits per heavy atom. The van der Waals surface area contributed by atoms with Crippen LogP contribution in [0, 0.1) is 22.1 Å². The van der Waals surface area contributed by atoms with E-state index in [1.54, 1.807) is 12.1 Å². The first-order valence-electron chi connectivity index (χ1n) is 4.80. The van der Waals surface area contributed by atoms with Crippen LogP contribution in [-0.4, -0.2) is 0 Å². The van der Waals surface area contributed by atoms with Gasteiger partial charge in [0, 0.05) is 9.13 Å². The van der Waals surface area contributed by atoms with Gasteiger partial charge in [-0.15, -0.1) is 0 Å². The van der Waals surface area contributed by atoms with Gasteiger partial charge in [-0.05, 0) is 52.8 Å². The third-order valence-electron chi connectivity index (χ3n) is 2.42. The van der Waals surface area contributed by atoms with Gasteiger partial charge < -0.3 is 0 Å². The number of halogens is 3. The Labute approximate surface area is 106 Å². The van der Waals surface area contributed by atoms with Gasteiger partial charge in [-0.3, -0.25) is 0 Å². The maximum atomic E-state index is 13.5. The fourth-order valence-electron chi connectivity index (χ4n) is 1.54. The Kier molecular flexibility index (Phi) is 3.23. The highest BCUT2D eigenvalue weighted by atomic mass is 127. The second-order valence-corrected chi connectivity index (χ2v) is 4.73. The minimum Gasteiger partial charge on any atom is -0.204 e. The molecular formula is C13H9F2I. The number of aryl methyl sites for hydroxylation is 1. The Balaban J connectivity index is 2.59. The number of hydrogen-bond donors (Lipinski definition) is 0. The molecule has 0 aliphatic carbocycles. The standard InChI is InChI=1S/C13H9F2I/c1-8-7-9(5-6-12(8)16)10-3-2-4-11(14)13(10)15/h2-7H,1H3. The molecule has 0 aliphatic heterocycles. The van der Waals surface area contributed by atoms with Crippen molar-refractivity contribution in [2.45, 2.75) is 6.92 Å². The van der Waals surface area contributed by atoms with Crippen molar-refractivity contribution in [1.82, 2.24) is 0 Å². The maximum absolute atomic E-state index is 13.5. The monoisotopic (exact) mass is 330 g/mol. The van der Waals surface area contributed by atoms with E-state index >= 15 is 0 Å². The summed E-state index contributed by atoms with van der Waals surface area (Å²) >= 11 is 2.21. The van der Waals surface area contributed by atoms with Crippen LogP contribution in [-0.2, 0) is 0 Å². The second kappa shape index (κ2) is 4.49. The topological polar surface area (TPSA) is 0 Å². The smallest absolute Gasteiger partial charge is 0.166 e. The second-order valence-electron chi connectivity index (χ2n) is 3.57. The molecule has 82 valence electrons. The normalized spacial score (nSPS) is 10.5. The molecule has 2 aromatic rings. The van der Waals surface area contributed by atoms with Crippen molar-refractivity contribution < 1.29 is 8.78 Å². The third-order valence-corrected chi connectivity index (χ3v) is 3.63. The number of rotatable bonds is 1. The van der Waals surface area contributed by atoms with Crippen molar-refractivity contribution in [1.29, 1.82) is 0 Å². The molecule has 0 nitrogen and oxygen atoms in total. The number of benzene rings is 2. The Hall–Kier alpha value is -0.970. The minimum absolute atomic E-state index is 0.305. The molecule has 0 atom stereocenters. The van der Waals surface area contributed by atoms with Gasteiger partial charge in [0.1, 0.15) is 0 Å². The van der Waals surface area contributed by atoms with Gasteiger partial charge in [0.15, 0.2) is 11.6 Å². The Morgan fingerprint density at radius 2 is 1.81 bits per heavy atom. The van der Waals surface area contributed by atoms with E-state index in [4.69, 9.17) is 0 Å². The van der Waals surface area contributed by atoms with Crippen LogP contribution in [0.5, 0.6) is 0 Å². The minimum atomic E-state index is -0.811. The van der Waals surface area contributed by atoms with Crippen molar-refractivity contribution >= 4 is 22.6 Å². The molecule has 2 rings (SSSR count). The van der Waals surface area contributed by atoms with Gasteiger partial charge in [-0.25, -0.2) is 8.78 Å². The van der Waals surface area contributed by atoms with Crippen molar-refractivity contribution in [3.63, 3.8) is 0 Å². The lowest BCUT2D eigenvalue weighted by molar-refractivity contribution is 0.511. The van der Waals surface area contributed by atoms with Crippen LogP contribution in [0.25, 0.3) is 11.1 Å². The van der Waals surface area contributed by atoms with E-state index in [1.165, 1.54) is 6.07 Å². The fourth-order valence-corrected chi connectivity index (χ4v) is 1.87. The summed E-state index contributed by atoms with van der Waals surface area (Å²) in [5, 5.41) is 0. The van der Waals surface area contributed by atoms with Crippen molar-refractivity contribution in [3.8, 4) is 11.1 Å².